The molecule has 1 aliphatic heterocycles. The first-order valence-corrected chi connectivity index (χ1v) is 11.2. The first-order chi connectivity index (χ1) is 12.3. The number of ether oxygens (including phenoxy) is 2. The number of nitrogens with zero attached hydrogens (tertiary/aromatic N) is 2. The Morgan fingerprint density at radius 1 is 1.35 bits per heavy atom. The second-order valence-corrected chi connectivity index (χ2v) is 9.40. The van der Waals surface area contributed by atoms with Gasteiger partial charge in [0, 0.05) is 26.2 Å². The number of hydrogen-bond donors (Lipinski definition) is 1. The molecule has 1 saturated heterocycles. The van der Waals surface area contributed by atoms with Gasteiger partial charge in [0.05, 0.1) is 31.7 Å². The summed E-state index contributed by atoms with van der Waals surface area (Å²) in [6.07, 6.45) is 5.93. The lowest BCUT2D eigenvalue weighted by Crippen LogP contribution is -2.50. The van der Waals surface area contributed by atoms with E-state index < -0.39 is 22.5 Å². The summed E-state index contributed by atoms with van der Waals surface area (Å²) < 4.78 is 36.2. The third kappa shape index (κ3) is 7.11. The zero-order valence-corrected chi connectivity index (χ0v) is 16.6. The van der Waals surface area contributed by atoms with Crippen LogP contribution in [0.1, 0.15) is 32.6 Å². The van der Waals surface area contributed by atoms with Crippen molar-refractivity contribution in [3.05, 3.63) is 0 Å². The van der Waals surface area contributed by atoms with E-state index in [1.165, 1.54) is 19.3 Å². The molecule has 2 aliphatic rings. The van der Waals surface area contributed by atoms with Crippen molar-refractivity contribution in [2.24, 2.45) is 5.92 Å². The Morgan fingerprint density at radius 2 is 2.08 bits per heavy atom. The predicted molar refractivity (Wildman–Crippen MR) is 97.6 cm³/mol. The molecule has 152 valence electrons. The summed E-state index contributed by atoms with van der Waals surface area (Å²) in [7, 11) is -3.59. The topological polar surface area (TPSA) is 96.4 Å². The number of carboxylic acids is 1. The van der Waals surface area contributed by atoms with Gasteiger partial charge in [-0.15, -0.1) is 0 Å². The van der Waals surface area contributed by atoms with E-state index in [1.807, 2.05) is 0 Å². The zero-order valence-electron chi connectivity index (χ0n) is 15.8. The lowest BCUT2D eigenvalue weighted by Gasteiger charge is -2.35. The minimum atomic E-state index is -3.59. The molecule has 1 saturated carbocycles. The van der Waals surface area contributed by atoms with Crippen LogP contribution in [-0.2, 0) is 24.3 Å². The zero-order chi connectivity index (χ0) is 19.2. The van der Waals surface area contributed by atoms with Crippen LogP contribution in [0.5, 0.6) is 0 Å². The molecule has 0 spiro atoms. The fourth-order valence-corrected chi connectivity index (χ4v) is 4.43. The Labute approximate surface area is 156 Å². The molecule has 8 nitrogen and oxygen atoms in total. The molecule has 0 bridgehead atoms. The Kier molecular flexibility index (Phi) is 8.28. The van der Waals surface area contributed by atoms with Crippen molar-refractivity contribution in [1.82, 2.24) is 9.21 Å². The molecule has 0 radical (unpaired) electrons. The average Bonchev–Trinajstić information content (AvgIpc) is 2.55. The van der Waals surface area contributed by atoms with Gasteiger partial charge in [0.1, 0.15) is 6.54 Å². The monoisotopic (exact) mass is 392 g/mol. The van der Waals surface area contributed by atoms with Crippen LogP contribution >= 0.6 is 0 Å². The molecule has 3 atom stereocenters. The Bertz CT molecular complexity index is 555. The number of hydrogen-bond acceptors (Lipinski definition) is 6. The van der Waals surface area contributed by atoms with E-state index in [0.717, 1.165) is 30.1 Å². The van der Waals surface area contributed by atoms with Gasteiger partial charge in [-0.3, -0.25) is 9.69 Å². The standard InChI is InChI=1S/C17H32N2O6S/c1-14-5-3-4-6-16(14)25-10-8-18-7-9-24-15(11-18)12-19(13-17(20)21)26(2,22)23/h14-16H,3-13H2,1-2H3,(H,20,21)/t14-,15-,16-/m1/s1. The number of carboxylic acid groups (broad SMARTS) is 1. The van der Waals surface area contributed by atoms with Crippen LogP contribution < -0.4 is 0 Å². The lowest BCUT2D eigenvalue weighted by atomic mass is 9.88. The summed E-state index contributed by atoms with van der Waals surface area (Å²) in [5.41, 5.74) is 0. The maximum atomic E-state index is 11.8. The summed E-state index contributed by atoms with van der Waals surface area (Å²) in [6.45, 7) is 5.07. The van der Waals surface area contributed by atoms with E-state index >= 15 is 0 Å². The van der Waals surface area contributed by atoms with Crippen LogP contribution in [0.15, 0.2) is 0 Å². The van der Waals surface area contributed by atoms with Crippen LogP contribution in [0.3, 0.4) is 0 Å². The molecule has 1 heterocycles. The van der Waals surface area contributed by atoms with Crippen LogP contribution in [0.2, 0.25) is 0 Å². The van der Waals surface area contributed by atoms with Gasteiger partial charge in [-0.1, -0.05) is 19.8 Å². The highest BCUT2D eigenvalue weighted by molar-refractivity contribution is 7.88. The van der Waals surface area contributed by atoms with Gasteiger partial charge in [-0.2, -0.15) is 4.31 Å². The Hall–Kier alpha value is -0.740. The molecular weight excluding hydrogens is 360 g/mol. The van der Waals surface area contributed by atoms with Gasteiger partial charge in [0.25, 0.3) is 0 Å². The van der Waals surface area contributed by atoms with Crippen LogP contribution in [0.4, 0.5) is 0 Å². The van der Waals surface area contributed by atoms with Gasteiger partial charge in [0.15, 0.2) is 0 Å². The van der Waals surface area contributed by atoms with E-state index in [1.54, 1.807) is 0 Å². The first-order valence-electron chi connectivity index (χ1n) is 9.38. The number of morpholine rings is 1. The average molecular weight is 393 g/mol. The maximum absolute atomic E-state index is 11.8. The molecule has 0 unspecified atom stereocenters. The van der Waals surface area contributed by atoms with Crippen LogP contribution in [-0.4, -0.2) is 93.1 Å². The molecule has 2 fully saturated rings. The quantitative estimate of drug-likeness (QED) is 0.615. The highest BCUT2D eigenvalue weighted by atomic mass is 32.2. The highest BCUT2D eigenvalue weighted by Crippen LogP contribution is 2.26. The van der Waals surface area contributed by atoms with E-state index in [-0.39, 0.29) is 12.6 Å². The van der Waals surface area contributed by atoms with Crippen molar-refractivity contribution in [3.8, 4) is 0 Å². The minimum Gasteiger partial charge on any atom is -0.480 e. The minimum absolute atomic E-state index is 0.0577. The molecule has 1 N–H and O–H groups in total. The fourth-order valence-electron chi connectivity index (χ4n) is 3.65. The van der Waals surface area contributed by atoms with Crippen molar-refractivity contribution in [2.75, 3.05) is 52.2 Å². The molecule has 26 heavy (non-hydrogen) atoms. The summed E-state index contributed by atoms with van der Waals surface area (Å²) in [5, 5.41) is 8.92. The second kappa shape index (κ2) is 9.98. The highest BCUT2D eigenvalue weighted by Gasteiger charge is 2.28. The lowest BCUT2D eigenvalue weighted by molar-refractivity contribution is -0.137. The van der Waals surface area contributed by atoms with E-state index in [4.69, 9.17) is 14.6 Å². The smallest absolute Gasteiger partial charge is 0.318 e. The van der Waals surface area contributed by atoms with E-state index in [0.29, 0.717) is 31.8 Å². The number of aliphatic carboxylic acids is 1. The van der Waals surface area contributed by atoms with Gasteiger partial charge >= 0.3 is 5.97 Å². The molecular formula is C17H32N2O6S. The van der Waals surface area contributed by atoms with E-state index in [9.17, 15) is 13.2 Å². The van der Waals surface area contributed by atoms with Crippen LogP contribution in [0.25, 0.3) is 0 Å². The molecule has 1 aliphatic carbocycles. The van der Waals surface area contributed by atoms with E-state index in [2.05, 4.69) is 11.8 Å². The van der Waals surface area contributed by atoms with Crippen molar-refractivity contribution in [1.29, 1.82) is 0 Å². The van der Waals surface area contributed by atoms with Crippen molar-refractivity contribution >= 4 is 16.0 Å². The molecule has 0 amide bonds. The molecule has 2 rings (SSSR count). The summed E-state index contributed by atoms with van der Waals surface area (Å²) >= 11 is 0. The Balaban J connectivity index is 1.77. The SMILES string of the molecule is C[C@@H]1CCCC[C@H]1OCCN1CCO[C@@H](CN(CC(=O)O)S(C)(=O)=O)C1. The normalized spacial score (nSPS) is 28.3. The molecule has 9 heteroatoms. The van der Waals surface area contributed by atoms with Crippen molar-refractivity contribution in [3.63, 3.8) is 0 Å². The molecule has 0 aromatic heterocycles. The number of rotatable bonds is 9. The van der Waals surface area contributed by atoms with Gasteiger partial charge in [-0.25, -0.2) is 8.42 Å². The molecule has 0 aromatic carbocycles. The maximum Gasteiger partial charge on any atom is 0.318 e. The third-order valence-corrected chi connectivity index (χ3v) is 6.40. The van der Waals surface area contributed by atoms with Gasteiger partial charge < -0.3 is 14.6 Å². The summed E-state index contributed by atoms with van der Waals surface area (Å²) in [4.78, 5) is 13.1. The van der Waals surface area contributed by atoms with Crippen molar-refractivity contribution < 1.29 is 27.8 Å². The molecule has 0 aromatic rings. The summed E-state index contributed by atoms with van der Waals surface area (Å²) in [5.74, 6) is -0.557. The van der Waals surface area contributed by atoms with Crippen LogP contribution in [0, 0.1) is 5.92 Å². The fraction of sp³-hybridized carbons (Fsp3) is 0.941. The number of carbonyl (C=O) groups is 1. The van der Waals surface area contributed by atoms with Gasteiger partial charge in [-0.05, 0) is 18.8 Å². The van der Waals surface area contributed by atoms with Crippen molar-refractivity contribution in [2.45, 2.75) is 44.8 Å². The Morgan fingerprint density at radius 3 is 2.73 bits per heavy atom. The van der Waals surface area contributed by atoms with Gasteiger partial charge in [0.2, 0.25) is 10.0 Å². The number of sulfonamides is 1. The second-order valence-electron chi connectivity index (χ2n) is 7.41. The largest absolute Gasteiger partial charge is 0.480 e. The third-order valence-electron chi connectivity index (χ3n) is 5.18. The summed E-state index contributed by atoms with van der Waals surface area (Å²) in [6, 6.07) is 0. The predicted octanol–water partition coefficient (Wildman–Crippen LogP) is 0.629. The first kappa shape index (κ1) is 21.6.